The number of nitrogens with one attached hydrogen (secondary N) is 3. The summed E-state index contributed by atoms with van der Waals surface area (Å²) in [4.78, 5) is 34.2. The molecule has 0 spiro atoms. The van der Waals surface area contributed by atoms with Crippen molar-refractivity contribution in [2.24, 2.45) is 11.8 Å². The predicted molar refractivity (Wildman–Crippen MR) is 185 cm³/mol. The van der Waals surface area contributed by atoms with E-state index in [0.717, 1.165) is 36.8 Å². The zero-order valence-electron chi connectivity index (χ0n) is 28.4. The van der Waals surface area contributed by atoms with E-state index in [0.29, 0.717) is 29.9 Å². The molecule has 10 nitrogen and oxygen atoms in total. The number of hydrogen-bond donors (Lipinski definition) is 4. The van der Waals surface area contributed by atoms with Crippen LogP contribution in [0.5, 0.6) is 0 Å². The molecule has 2 aromatic rings. The van der Waals surface area contributed by atoms with Gasteiger partial charge in [-0.1, -0.05) is 49.6 Å². The Balaban J connectivity index is 1.62. The summed E-state index contributed by atoms with van der Waals surface area (Å²) in [5.41, 5.74) is 1.29. The second-order valence-corrected chi connectivity index (χ2v) is 18.3. The summed E-state index contributed by atoms with van der Waals surface area (Å²) >= 11 is 1.30. The van der Waals surface area contributed by atoms with Crippen molar-refractivity contribution in [1.82, 2.24) is 20.5 Å². The van der Waals surface area contributed by atoms with Gasteiger partial charge in [0.25, 0.3) is 0 Å². The van der Waals surface area contributed by atoms with E-state index in [-0.39, 0.29) is 24.0 Å². The van der Waals surface area contributed by atoms with Gasteiger partial charge in [0.2, 0.25) is 11.8 Å². The molecule has 1 aromatic heterocycles. The van der Waals surface area contributed by atoms with E-state index < -0.39 is 38.7 Å². The van der Waals surface area contributed by atoms with Crippen LogP contribution in [0.3, 0.4) is 0 Å². The number of aliphatic hydroxyl groups excluding tert-OH is 1. The van der Waals surface area contributed by atoms with Crippen LogP contribution in [-0.2, 0) is 25.8 Å². The molecule has 0 radical (unpaired) electrons. The summed E-state index contributed by atoms with van der Waals surface area (Å²) in [6.07, 6.45) is 5.75. The second kappa shape index (κ2) is 14.7. The van der Waals surface area contributed by atoms with Crippen molar-refractivity contribution in [2.75, 3.05) is 24.7 Å². The second-order valence-electron chi connectivity index (χ2n) is 14.9. The summed E-state index contributed by atoms with van der Waals surface area (Å²) in [5, 5.41) is 23.4. The molecule has 1 aromatic carbocycles. The number of sulfone groups is 1. The fourth-order valence-electron chi connectivity index (χ4n) is 6.72. The molecule has 46 heavy (non-hydrogen) atoms. The molecule has 4 N–H and O–H groups in total. The van der Waals surface area contributed by atoms with Crippen molar-refractivity contribution < 1.29 is 23.1 Å². The molecule has 1 saturated heterocycles. The predicted octanol–water partition coefficient (Wildman–Crippen LogP) is 3.94. The van der Waals surface area contributed by atoms with Gasteiger partial charge in [-0.25, -0.2) is 13.4 Å². The van der Waals surface area contributed by atoms with Crippen molar-refractivity contribution in [3.05, 3.63) is 47.0 Å². The Bertz CT molecular complexity index is 1440. The molecular weight excluding hydrogens is 623 g/mol. The lowest BCUT2D eigenvalue weighted by Crippen LogP contribution is -2.62. The number of aryl methyl sites for hydroxylation is 1. The third-order valence-corrected chi connectivity index (χ3v) is 12.7. The minimum atomic E-state index is -3.70. The Morgan fingerprint density at radius 3 is 2.33 bits per heavy atom. The molecule has 2 amide bonds. The topological polar surface area (TPSA) is 141 Å². The largest absolute Gasteiger partial charge is 0.390 e. The fraction of sp³-hybridized carbons (Fsp3) is 0.676. The van der Waals surface area contributed by atoms with Gasteiger partial charge in [-0.15, -0.1) is 11.3 Å². The van der Waals surface area contributed by atoms with Gasteiger partial charge < -0.3 is 21.1 Å². The number of β-amino-alcohol motifs (C(OH)–C–C–N with tert-alkyl or cyclic N) is 1. The number of rotatable bonds is 12. The molecule has 12 heteroatoms. The van der Waals surface area contributed by atoms with Crippen LogP contribution in [0.25, 0.3) is 0 Å². The molecule has 1 saturated carbocycles. The number of carbonyl (C=O) groups is 2. The summed E-state index contributed by atoms with van der Waals surface area (Å²) in [6.45, 7) is 11.7. The van der Waals surface area contributed by atoms with Crippen LogP contribution < -0.4 is 16.0 Å². The van der Waals surface area contributed by atoms with Crippen molar-refractivity contribution in [3.63, 3.8) is 0 Å². The number of fused-ring (bicyclic) bond motifs is 1. The van der Waals surface area contributed by atoms with Crippen LogP contribution in [0.4, 0.5) is 5.13 Å². The molecule has 2 fully saturated rings. The van der Waals surface area contributed by atoms with Gasteiger partial charge in [-0.3, -0.25) is 14.5 Å². The number of benzene rings is 1. The van der Waals surface area contributed by atoms with Gasteiger partial charge in [-0.05, 0) is 78.2 Å². The molecule has 256 valence electrons. The number of thiazole rings is 1. The lowest BCUT2D eigenvalue weighted by atomic mass is 9.72. The SMILES string of the molecule is Cc1csc(N[C@H](C(=O)N[C@@H](Cc2ccccc2)[C@H](O)CN2C[C@H]3CCCC[C@H]3C[C@H]2C(=O)NC(C)(C)C)C(C)(C)S(C)(=O)=O)n1. The minimum Gasteiger partial charge on any atom is -0.390 e. The average Bonchev–Trinajstić information content (AvgIpc) is 3.38. The lowest BCUT2D eigenvalue weighted by molar-refractivity contribution is -0.133. The number of nitrogens with zero attached hydrogens (tertiary/aromatic N) is 2. The van der Waals surface area contributed by atoms with Crippen LogP contribution in [-0.4, -0.2) is 89.1 Å². The molecule has 6 atom stereocenters. The van der Waals surface area contributed by atoms with Crippen molar-refractivity contribution in [2.45, 2.75) is 115 Å². The molecule has 2 aliphatic rings. The van der Waals surface area contributed by atoms with Crippen LogP contribution in [0.1, 0.15) is 78.0 Å². The van der Waals surface area contributed by atoms with Gasteiger partial charge in [0.1, 0.15) is 6.04 Å². The Labute approximate surface area is 279 Å². The molecule has 0 bridgehead atoms. The number of amides is 2. The monoisotopic (exact) mass is 675 g/mol. The van der Waals surface area contributed by atoms with Gasteiger partial charge >= 0.3 is 0 Å². The highest BCUT2D eigenvalue weighted by molar-refractivity contribution is 7.92. The van der Waals surface area contributed by atoms with E-state index in [1.54, 1.807) is 0 Å². The molecule has 1 aliphatic carbocycles. The normalized spacial score (nSPS) is 23.1. The van der Waals surface area contributed by atoms with E-state index in [2.05, 4.69) is 25.8 Å². The fourth-order valence-corrected chi connectivity index (χ4v) is 8.04. The van der Waals surface area contributed by atoms with Crippen LogP contribution in [0.15, 0.2) is 35.7 Å². The van der Waals surface area contributed by atoms with E-state index in [1.807, 2.05) is 63.4 Å². The molecule has 0 unspecified atom stereocenters. The Morgan fingerprint density at radius 1 is 1.09 bits per heavy atom. The number of likely N-dealkylation sites (tertiary alicyclic amines) is 1. The Morgan fingerprint density at radius 2 is 1.74 bits per heavy atom. The summed E-state index contributed by atoms with van der Waals surface area (Å²) in [6, 6.07) is 7.29. The van der Waals surface area contributed by atoms with Crippen LogP contribution >= 0.6 is 11.3 Å². The average molecular weight is 676 g/mol. The Hall–Kier alpha value is -2.54. The number of aromatic nitrogens is 1. The maximum atomic E-state index is 14.1. The van der Waals surface area contributed by atoms with Crippen molar-refractivity contribution in [3.8, 4) is 0 Å². The first-order valence-electron chi connectivity index (χ1n) is 16.4. The minimum absolute atomic E-state index is 0.0368. The lowest BCUT2D eigenvalue weighted by Gasteiger charge is -2.47. The Kier molecular flexibility index (Phi) is 11.6. The number of aliphatic hydroxyl groups is 1. The smallest absolute Gasteiger partial charge is 0.244 e. The van der Waals surface area contributed by atoms with E-state index >= 15 is 0 Å². The third-order valence-electron chi connectivity index (χ3n) is 9.62. The van der Waals surface area contributed by atoms with Crippen LogP contribution in [0, 0.1) is 18.8 Å². The summed E-state index contributed by atoms with van der Waals surface area (Å²) in [7, 11) is -3.70. The first kappa shape index (κ1) is 36.3. The molecule has 1 aliphatic heterocycles. The number of hydrogen-bond acceptors (Lipinski definition) is 9. The summed E-state index contributed by atoms with van der Waals surface area (Å²) in [5.74, 6) is 0.367. The molecule has 2 heterocycles. The zero-order chi connectivity index (χ0) is 33.9. The number of anilines is 1. The maximum absolute atomic E-state index is 14.1. The summed E-state index contributed by atoms with van der Waals surface area (Å²) < 4.78 is 24.4. The van der Waals surface area contributed by atoms with Crippen molar-refractivity contribution >= 4 is 38.1 Å². The van der Waals surface area contributed by atoms with E-state index in [4.69, 9.17) is 0 Å². The van der Waals surface area contributed by atoms with Gasteiger partial charge in [0.05, 0.1) is 28.6 Å². The van der Waals surface area contributed by atoms with Gasteiger partial charge in [0.15, 0.2) is 15.0 Å². The highest BCUT2D eigenvalue weighted by Gasteiger charge is 2.46. The van der Waals surface area contributed by atoms with E-state index in [1.165, 1.54) is 38.0 Å². The van der Waals surface area contributed by atoms with Crippen molar-refractivity contribution in [1.29, 1.82) is 0 Å². The molecular formula is C34H53N5O5S2. The van der Waals surface area contributed by atoms with Gasteiger partial charge in [0, 0.05) is 30.3 Å². The maximum Gasteiger partial charge on any atom is 0.244 e. The molecule has 4 rings (SSSR count). The zero-order valence-corrected chi connectivity index (χ0v) is 30.0. The standard InChI is InChI=1S/C34H53N5O5S2/c1-22-21-45-32(35-22)37-29(34(5,6)46(7,43)44)31(42)36-26(17-23-13-9-8-10-14-23)28(40)20-39-19-25-16-12-11-15-24(25)18-27(39)30(41)38-33(2,3)4/h8-10,13-14,21,24-29,40H,11-12,15-20H2,1-7H3,(H,35,37)(H,36,42)(H,38,41)/t24-,25+,26-,27-,28+,29+/m0/s1. The first-order valence-corrected chi connectivity index (χ1v) is 19.2. The van der Waals surface area contributed by atoms with E-state index in [9.17, 15) is 23.1 Å². The van der Waals surface area contributed by atoms with Crippen LogP contribution in [0.2, 0.25) is 0 Å². The highest BCUT2D eigenvalue weighted by Crippen LogP contribution is 2.39. The van der Waals surface area contributed by atoms with Gasteiger partial charge in [-0.2, -0.15) is 0 Å². The number of carbonyl (C=O) groups excluding carboxylic acids is 2. The highest BCUT2D eigenvalue weighted by atomic mass is 32.2. The first-order chi connectivity index (χ1) is 21.4. The third kappa shape index (κ3) is 9.29. The number of piperidine rings is 1. The quantitative estimate of drug-likeness (QED) is 0.265.